The Kier molecular flexibility index (Phi) is 6.23. The molecule has 0 radical (unpaired) electrons. The summed E-state index contributed by atoms with van der Waals surface area (Å²) in [5.74, 6) is 1.64. The number of hydrogen-bond acceptors (Lipinski definition) is 5. The molecule has 0 amide bonds. The second kappa shape index (κ2) is 11.1. The molecule has 7 aromatic carbocycles. The Morgan fingerprint density at radius 3 is 1.36 bits per heavy atom. The number of benzene rings is 7. The molecule has 0 N–H and O–H groups in total. The Labute approximate surface area is 305 Å². The summed E-state index contributed by atoms with van der Waals surface area (Å²) < 4.78 is 13.0. The molecule has 53 heavy (non-hydrogen) atoms. The summed E-state index contributed by atoms with van der Waals surface area (Å²) in [6.45, 7) is 4.65. The summed E-state index contributed by atoms with van der Waals surface area (Å²) in [6.07, 6.45) is 0. The summed E-state index contributed by atoms with van der Waals surface area (Å²) in [7, 11) is 0. The van der Waals surface area contributed by atoms with Crippen LogP contribution in [0.5, 0.6) is 0 Å². The van der Waals surface area contributed by atoms with E-state index in [1.165, 1.54) is 27.8 Å². The number of aromatic nitrogens is 3. The minimum Gasteiger partial charge on any atom is -0.455 e. The first-order valence-corrected chi connectivity index (χ1v) is 17.9. The van der Waals surface area contributed by atoms with Crippen LogP contribution in [0.3, 0.4) is 0 Å². The van der Waals surface area contributed by atoms with Gasteiger partial charge in [-0.15, -0.1) is 0 Å². The van der Waals surface area contributed by atoms with Crippen LogP contribution < -0.4 is 0 Å². The maximum absolute atomic E-state index is 6.52. The van der Waals surface area contributed by atoms with Crippen molar-refractivity contribution in [2.75, 3.05) is 0 Å². The van der Waals surface area contributed by atoms with Crippen LogP contribution in [0.15, 0.2) is 160 Å². The largest absolute Gasteiger partial charge is 0.455 e. The van der Waals surface area contributed by atoms with Crippen molar-refractivity contribution in [3.63, 3.8) is 0 Å². The fourth-order valence-corrected chi connectivity index (χ4v) is 8.57. The van der Waals surface area contributed by atoms with Crippen LogP contribution in [0.1, 0.15) is 25.0 Å². The van der Waals surface area contributed by atoms with E-state index in [2.05, 4.69) is 105 Å². The van der Waals surface area contributed by atoms with E-state index >= 15 is 0 Å². The van der Waals surface area contributed by atoms with Crippen LogP contribution in [-0.2, 0) is 5.41 Å². The zero-order chi connectivity index (χ0) is 35.3. The molecule has 0 saturated heterocycles. The zero-order valence-electron chi connectivity index (χ0n) is 29.1. The first-order chi connectivity index (χ1) is 26.0. The van der Waals surface area contributed by atoms with E-state index in [1.807, 2.05) is 60.7 Å². The molecule has 0 spiro atoms. The topological polar surface area (TPSA) is 65.0 Å². The Morgan fingerprint density at radius 1 is 0.358 bits per heavy atom. The lowest BCUT2D eigenvalue weighted by molar-refractivity contribution is 0.662. The average molecular weight is 682 g/mol. The van der Waals surface area contributed by atoms with Crippen LogP contribution in [0.25, 0.3) is 100 Å². The molecule has 0 saturated carbocycles. The van der Waals surface area contributed by atoms with Gasteiger partial charge in [0.2, 0.25) is 0 Å². The Hall–Kier alpha value is -6.85. The summed E-state index contributed by atoms with van der Waals surface area (Å²) in [6, 6.07) is 52.5. The van der Waals surface area contributed by atoms with Gasteiger partial charge in [-0.3, -0.25) is 0 Å². The summed E-state index contributed by atoms with van der Waals surface area (Å²) in [4.78, 5) is 15.8. The highest BCUT2D eigenvalue weighted by atomic mass is 16.3. The summed E-state index contributed by atoms with van der Waals surface area (Å²) in [5, 5.41) is 4.14. The molecule has 0 fully saturated rings. The smallest absolute Gasteiger partial charge is 0.167 e. The van der Waals surface area contributed by atoms with E-state index in [9.17, 15) is 0 Å². The van der Waals surface area contributed by atoms with Gasteiger partial charge in [0.05, 0.1) is 11.1 Å². The molecule has 11 rings (SSSR count). The molecule has 3 aromatic heterocycles. The van der Waals surface area contributed by atoms with E-state index in [4.69, 9.17) is 23.8 Å². The molecular formula is C48H31N3O2. The van der Waals surface area contributed by atoms with E-state index in [1.54, 1.807) is 0 Å². The van der Waals surface area contributed by atoms with Crippen molar-refractivity contribution in [3.8, 4) is 56.4 Å². The molecule has 5 heteroatoms. The van der Waals surface area contributed by atoms with Crippen LogP contribution in [-0.4, -0.2) is 15.0 Å². The van der Waals surface area contributed by atoms with Gasteiger partial charge in [0.1, 0.15) is 22.3 Å². The van der Waals surface area contributed by atoms with Gasteiger partial charge >= 0.3 is 0 Å². The van der Waals surface area contributed by atoms with Gasteiger partial charge in [-0.2, -0.15) is 0 Å². The molecule has 5 nitrogen and oxygen atoms in total. The fourth-order valence-electron chi connectivity index (χ4n) is 8.57. The highest BCUT2D eigenvalue weighted by molar-refractivity contribution is 6.10. The standard InChI is InChI=1S/C48H31N3O2/c1-48(2)39-25-8-5-15-29(39)33-20-11-19-32(42(33)48)28-14-3-4-18-36(28)45-49-46(37-23-12-21-34-30-16-6-9-26-40(30)52-43(34)37)51-47(50-45)38-24-13-22-35-31-17-7-10-27-41(31)53-44(35)38/h3-27H,1-2H3. The molecule has 0 aliphatic heterocycles. The first kappa shape index (κ1) is 29.8. The molecule has 3 heterocycles. The molecular weight excluding hydrogens is 651 g/mol. The monoisotopic (exact) mass is 681 g/mol. The number of rotatable bonds is 4. The van der Waals surface area contributed by atoms with Crippen LogP contribution in [0.4, 0.5) is 0 Å². The molecule has 0 unspecified atom stereocenters. The lowest BCUT2D eigenvalue weighted by Gasteiger charge is -2.25. The number of furan rings is 2. The van der Waals surface area contributed by atoms with E-state index in [-0.39, 0.29) is 5.41 Å². The molecule has 0 bridgehead atoms. The Morgan fingerprint density at radius 2 is 0.755 bits per heavy atom. The van der Waals surface area contributed by atoms with Gasteiger partial charge in [-0.1, -0.05) is 141 Å². The molecule has 1 aliphatic carbocycles. The van der Waals surface area contributed by atoms with Crippen molar-refractivity contribution < 1.29 is 8.83 Å². The van der Waals surface area contributed by atoms with Gasteiger partial charge in [0, 0.05) is 32.5 Å². The normalized spacial score (nSPS) is 13.2. The first-order valence-electron chi connectivity index (χ1n) is 17.9. The van der Waals surface area contributed by atoms with Gasteiger partial charge in [0.25, 0.3) is 0 Å². The molecule has 1 aliphatic rings. The van der Waals surface area contributed by atoms with Crippen LogP contribution in [0, 0.1) is 0 Å². The highest BCUT2D eigenvalue weighted by Crippen LogP contribution is 2.53. The van der Waals surface area contributed by atoms with Crippen molar-refractivity contribution in [1.82, 2.24) is 15.0 Å². The molecule has 250 valence electrons. The molecule has 0 atom stereocenters. The third-order valence-corrected chi connectivity index (χ3v) is 11.0. The van der Waals surface area contributed by atoms with Crippen molar-refractivity contribution in [1.29, 1.82) is 0 Å². The maximum atomic E-state index is 6.52. The van der Waals surface area contributed by atoms with Gasteiger partial charge in [-0.25, -0.2) is 15.0 Å². The third kappa shape index (κ3) is 4.34. The lowest BCUT2D eigenvalue weighted by atomic mass is 9.78. The SMILES string of the molecule is CC1(C)c2ccccc2-c2cccc(-c3ccccc3-c3nc(-c4cccc5c4oc4ccccc45)nc(-c4cccc5c4oc4ccccc45)n3)c21. The second-order valence-electron chi connectivity index (χ2n) is 14.3. The maximum Gasteiger partial charge on any atom is 0.167 e. The van der Waals surface area contributed by atoms with E-state index in [0.29, 0.717) is 17.5 Å². The van der Waals surface area contributed by atoms with Gasteiger partial charge in [0.15, 0.2) is 17.5 Å². The fraction of sp³-hybridized carbons (Fsp3) is 0.0625. The van der Waals surface area contributed by atoms with Gasteiger partial charge in [-0.05, 0) is 57.6 Å². The predicted molar refractivity (Wildman–Crippen MR) is 214 cm³/mol. The number of para-hydroxylation sites is 4. The van der Waals surface area contributed by atoms with E-state index < -0.39 is 0 Å². The summed E-state index contributed by atoms with van der Waals surface area (Å²) in [5.41, 5.74) is 12.9. The van der Waals surface area contributed by atoms with Gasteiger partial charge < -0.3 is 8.83 Å². The Balaban J connectivity index is 1.19. The highest BCUT2D eigenvalue weighted by Gasteiger charge is 2.37. The molecule has 10 aromatic rings. The quantitative estimate of drug-likeness (QED) is 0.185. The van der Waals surface area contributed by atoms with Crippen LogP contribution >= 0.6 is 0 Å². The lowest BCUT2D eigenvalue weighted by Crippen LogP contribution is -2.16. The number of fused-ring (bicyclic) bond motifs is 9. The van der Waals surface area contributed by atoms with Crippen molar-refractivity contribution in [2.24, 2.45) is 0 Å². The predicted octanol–water partition coefficient (Wildman–Crippen LogP) is 12.6. The van der Waals surface area contributed by atoms with Crippen molar-refractivity contribution in [3.05, 3.63) is 163 Å². The van der Waals surface area contributed by atoms with E-state index in [0.717, 1.165) is 66.1 Å². The van der Waals surface area contributed by atoms with Crippen molar-refractivity contribution >= 4 is 43.9 Å². The number of nitrogens with zero attached hydrogens (tertiary/aromatic N) is 3. The minimum atomic E-state index is -0.196. The second-order valence-corrected chi connectivity index (χ2v) is 14.3. The van der Waals surface area contributed by atoms with Crippen molar-refractivity contribution in [2.45, 2.75) is 19.3 Å². The Bertz CT molecular complexity index is 2980. The average Bonchev–Trinajstić information content (AvgIpc) is 3.86. The third-order valence-electron chi connectivity index (χ3n) is 11.0. The number of hydrogen-bond donors (Lipinski definition) is 0. The van der Waals surface area contributed by atoms with Crippen LogP contribution in [0.2, 0.25) is 0 Å². The zero-order valence-corrected chi connectivity index (χ0v) is 29.1. The minimum absolute atomic E-state index is 0.196. The summed E-state index contributed by atoms with van der Waals surface area (Å²) >= 11 is 0.